The summed E-state index contributed by atoms with van der Waals surface area (Å²) in [6.07, 6.45) is 34.8. The zero-order valence-corrected chi connectivity index (χ0v) is 40.0. The number of hydrogen-bond acceptors (Lipinski definition) is 10. The van der Waals surface area contributed by atoms with Gasteiger partial charge >= 0.3 is 11.9 Å². The molecule has 0 amide bonds. The number of ether oxygens (including phenoxy) is 4. The second-order valence-electron chi connectivity index (χ2n) is 18.7. The molecule has 350 valence electrons. The summed E-state index contributed by atoms with van der Waals surface area (Å²) in [5, 5.41) is 0. The highest BCUT2D eigenvalue weighted by Gasteiger charge is 2.32. The fourth-order valence-electron chi connectivity index (χ4n) is 7.39. The van der Waals surface area contributed by atoms with E-state index in [-0.39, 0.29) is 38.1 Å². The molecule has 1 aliphatic rings. The fraction of sp³-hybridized carbons (Fsp3) is 0.957. The van der Waals surface area contributed by atoms with Gasteiger partial charge < -0.3 is 37.4 Å². The molecule has 0 aromatic carbocycles. The van der Waals surface area contributed by atoms with Gasteiger partial charge in [-0.3, -0.25) is 14.2 Å². The monoisotopic (exact) mass is 862 g/mol. The third kappa shape index (κ3) is 37.2. The van der Waals surface area contributed by atoms with E-state index in [4.69, 9.17) is 28.0 Å². The molecule has 0 saturated carbocycles. The minimum Gasteiger partial charge on any atom is -0.756 e. The number of phosphoric ester groups is 1. The van der Waals surface area contributed by atoms with E-state index >= 15 is 0 Å². The summed E-state index contributed by atoms with van der Waals surface area (Å²) in [6.45, 7) is 6.67. The van der Waals surface area contributed by atoms with E-state index in [1.807, 2.05) is 35.0 Å². The Morgan fingerprint density at radius 1 is 0.644 bits per heavy atom. The predicted octanol–water partition coefficient (Wildman–Crippen LogP) is 11.9. The standard InChI is InChI=1S/C47H92NO10P/c1-7-8-9-10-11-12-13-14-15-18-21-24-27-30-33-36-45(49)53-40-44(42-56-59(51,52)55-39-38-48(4,5)6)57-46(50)37-34-31-28-25-22-19-16-17-20-23-26-29-32-35-43-41-54-47(2,3)58-43/h43-44H,7-42H2,1-6H3/t43?,44-/m1/s1. The van der Waals surface area contributed by atoms with Gasteiger partial charge in [-0.25, -0.2) is 0 Å². The van der Waals surface area contributed by atoms with Crippen LogP contribution in [-0.4, -0.2) is 88.5 Å². The molecule has 0 aliphatic carbocycles. The molecule has 1 heterocycles. The maximum absolute atomic E-state index is 12.7. The molecule has 2 unspecified atom stereocenters. The lowest BCUT2D eigenvalue weighted by Crippen LogP contribution is -2.37. The van der Waals surface area contributed by atoms with Gasteiger partial charge in [-0.15, -0.1) is 0 Å². The van der Waals surface area contributed by atoms with Crippen LogP contribution in [-0.2, 0) is 42.1 Å². The van der Waals surface area contributed by atoms with E-state index in [1.54, 1.807) is 0 Å². The van der Waals surface area contributed by atoms with E-state index in [2.05, 4.69) is 6.92 Å². The van der Waals surface area contributed by atoms with Crippen LogP contribution in [0.4, 0.5) is 0 Å². The van der Waals surface area contributed by atoms with Gasteiger partial charge in [0.25, 0.3) is 7.82 Å². The molecule has 0 bridgehead atoms. The maximum atomic E-state index is 12.7. The van der Waals surface area contributed by atoms with Gasteiger partial charge in [-0.05, 0) is 33.1 Å². The van der Waals surface area contributed by atoms with Gasteiger partial charge in [0.1, 0.15) is 19.8 Å². The van der Waals surface area contributed by atoms with Crippen LogP contribution in [0.25, 0.3) is 0 Å². The Morgan fingerprint density at radius 2 is 1.07 bits per heavy atom. The number of carbonyl (C=O) groups is 2. The minimum absolute atomic E-state index is 0.0317. The van der Waals surface area contributed by atoms with Gasteiger partial charge in [0.05, 0.1) is 40.5 Å². The molecule has 1 aliphatic heterocycles. The summed E-state index contributed by atoms with van der Waals surface area (Å²) in [7, 11) is 1.16. The number of nitrogens with zero attached hydrogens (tertiary/aromatic N) is 1. The first-order chi connectivity index (χ1) is 28.2. The summed E-state index contributed by atoms with van der Waals surface area (Å²) in [5.41, 5.74) is 0. The molecule has 11 nitrogen and oxygen atoms in total. The Bertz CT molecular complexity index is 1070. The first-order valence-corrected chi connectivity index (χ1v) is 25.7. The van der Waals surface area contributed by atoms with E-state index < -0.39 is 32.3 Å². The summed E-state index contributed by atoms with van der Waals surface area (Å²) < 4.78 is 45.5. The van der Waals surface area contributed by atoms with Crippen molar-refractivity contribution in [2.45, 2.75) is 238 Å². The van der Waals surface area contributed by atoms with E-state index in [9.17, 15) is 19.0 Å². The molecule has 12 heteroatoms. The van der Waals surface area contributed by atoms with Crippen LogP contribution < -0.4 is 4.89 Å². The predicted molar refractivity (Wildman–Crippen MR) is 237 cm³/mol. The van der Waals surface area contributed by atoms with Crippen molar-refractivity contribution in [2.24, 2.45) is 0 Å². The molecule has 1 fully saturated rings. The largest absolute Gasteiger partial charge is 0.756 e. The Labute approximate surface area is 362 Å². The molecule has 0 aromatic rings. The van der Waals surface area contributed by atoms with Crippen molar-refractivity contribution in [3.8, 4) is 0 Å². The average Bonchev–Trinajstić information content (AvgIpc) is 3.52. The van der Waals surface area contributed by atoms with Crippen molar-refractivity contribution in [1.82, 2.24) is 0 Å². The van der Waals surface area contributed by atoms with Crippen LogP contribution in [0.3, 0.4) is 0 Å². The highest BCUT2D eigenvalue weighted by molar-refractivity contribution is 7.45. The Balaban J connectivity index is 2.20. The van der Waals surface area contributed by atoms with Crippen molar-refractivity contribution < 1.29 is 51.5 Å². The van der Waals surface area contributed by atoms with Crippen LogP contribution in [0, 0.1) is 0 Å². The first kappa shape index (κ1) is 55.9. The Hall–Kier alpha value is -1.07. The maximum Gasteiger partial charge on any atom is 0.306 e. The van der Waals surface area contributed by atoms with Crippen molar-refractivity contribution in [1.29, 1.82) is 0 Å². The van der Waals surface area contributed by atoms with Gasteiger partial charge in [-0.2, -0.15) is 0 Å². The Kier molecular flexibility index (Phi) is 33.6. The third-order valence-corrected chi connectivity index (χ3v) is 12.1. The lowest BCUT2D eigenvalue weighted by Gasteiger charge is -2.28. The average molecular weight is 862 g/mol. The Morgan fingerprint density at radius 3 is 1.49 bits per heavy atom. The van der Waals surface area contributed by atoms with Crippen LogP contribution in [0.15, 0.2) is 0 Å². The zero-order valence-electron chi connectivity index (χ0n) is 39.1. The number of rotatable bonds is 42. The highest BCUT2D eigenvalue weighted by Crippen LogP contribution is 2.38. The first-order valence-electron chi connectivity index (χ1n) is 24.3. The lowest BCUT2D eigenvalue weighted by molar-refractivity contribution is -0.870. The molecule has 1 saturated heterocycles. The molecule has 59 heavy (non-hydrogen) atoms. The van der Waals surface area contributed by atoms with Crippen molar-refractivity contribution in [3.63, 3.8) is 0 Å². The third-order valence-electron chi connectivity index (χ3n) is 11.1. The number of carbonyl (C=O) groups excluding carboxylic acids is 2. The fourth-order valence-corrected chi connectivity index (χ4v) is 8.12. The van der Waals surface area contributed by atoms with Gasteiger partial charge in [0.15, 0.2) is 11.9 Å². The van der Waals surface area contributed by atoms with Crippen molar-refractivity contribution >= 4 is 19.8 Å². The normalized spacial score (nSPS) is 16.9. The number of unbranched alkanes of at least 4 members (excludes halogenated alkanes) is 26. The molecular formula is C47H92NO10P. The molecule has 0 radical (unpaired) electrons. The van der Waals surface area contributed by atoms with Crippen molar-refractivity contribution in [3.05, 3.63) is 0 Å². The van der Waals surface area contributed by atoms with Crippen LogP contribution in [0.1, 0.15) is 220 Å². The van der Waals surface area contributed by atoms with Gasteiger partial charge in [0.2, 0.25) is 0 Å². The SMILES string of the molecule is CCCCCCCCCCCCCCCCCC(=O)OC[C@H](COP(=O)([O-])OCC[N+](C)(C)C)OC(=O)CCCCCCCCCCCCCCCC1COC(C)(C)O1. The molecule has 3 atom stereocenters. The molecular weight excluding hydrogens is 769 g/mol. The minimum atomic E-state index is -4.63. The second kappa shape index (κ2) is 35.4. The number of esters is 2. The molecule has 0 spiro atoms. The molecule has 0 N–H and O–H groups in total. The second-order valence-corrected chi connectivity index (χ2v) is 20.1. The van der Waals surface area contributed by atoms with Crippen LogP contribution >= 0.6 is 7.82 Å². The smallest absolute Gasteiger partial charge is 0.306 e. The zero-order chi connectivity index (χ0) is 43.5. The van der Waals surface area contributed by atoms with Gasteiger partial charge in [-0.1, -0.05) is 174 Å². The van der Waals surface area contributed by atoms with E-state index in [0.29, 0.717) is 17.4 Å². The summed E-state index contributed by atoms with van der Waals surface area (Å²) in [5.74, 6) is -1.25. The molecule has 0 aromatic heterocycles. The van der Waals surface area contributed by atoms with E-state index in [1.165, 1.54) is 135 Å². The summed E-state index contributed by atoms with van der Waals surface area (Å²) >= 11 is 0. The van der Waals surface area contributed by atoms with Gasteiger partial charge in [0, 0.05) is 12.8 Å². The topological polar surface area (TPSA) is 130 Å². The number of hydrogen-bond donors (Lipinski definition) is 0. The van der Waals surface area contributed by atoms with Crippen LogP contribution in [0.2, 0.25) is 0 Å². The number of likely N-dealkylation sites (N-methyl/N-ethyl adjacent to an activating group) is 1. The number of quaternary nitrogens is 1. The number of phosphoric acid groups is 1. The van der Waals surface area contributed by atoms with Crippen LogP contribution in [0.5, 0.6) is 0 Å². The summed E-state index contributed by atoms with van der Waals surface area (Å²) in [6, 6.07) is 0. The quantitative estimate of drug-likeness (QED) is 0.0253. The van der Waals surface area contributed by atoms with E-state index in [0.717, 1.165) is 51.6 Å². The summed E-state index contributed by atoms with van der Waals surface area (Å²) in [4.78, 5) is 37.7. The molecule has 1 rings (SSSR count). The van der Waals surface area contributed by atoms with Crippen molar-refractivity contribution in [2.75, 3.05) is 54.1 Å². The lowest BCUT2D eigenvalue weighted by atomic mass is 10.0. The highest BCUT2D eigenvalue weighted by atomic mass is 31.2.